The monoisotopic (exact) mass is 314 g/mol. The SMILES string of the molecule is c1cc2c(cc1OCc1cn(C3CCCCO3)nn1)CCNC2. The summed E-state index contributed by atoms with van der Waals surface area (Å²) >= 11 is 0. The van der Waals surface area contributed by atoms with E-state index < -0.39 is 0 Å². The lowest BCUT2D eigenvalue weighted by atomic mass is 10.0. The van der Waals surface area contributed by atoms with Crippen molar-refractivity contribution in [3.8, 4) is 5.75 Å². The van der Waals surface area contributed by atoms with Gasteiger partial charge in [-0.2, -0.15) is 0 Å². The number of hydrogen-bond acceptors (Lipinski definition) is 5. The Hall–Kier alpha value is -1.92. The van der Waals surface area contributed by atoms with Crippen molar-refractivity contribution in [1.82, 2.24) is 20.3 Å². The fourth-order valence-electron chi connectivity index (χ4n) is 3.15. The zero-order valence-electron chi connectivity index (χ0n) is 13.2. The van der Waals surface area contributed by atoms with E-state index in [1.54, 1.807) is 0 Å². The number of benzene rings is 1. The minimum absolute atomic E-state index is 0.0289. The van der Waals surface area contributed by atoms with Gasteiger partial charge in [-0.3, -0.25) is 0 Å². The Morgan fingerprint density at radius 3 is 3.22 bits per heavy atom. The number of nitrogens with one attached hydrogen (secondary N) is 1. The molecule has 1 fully saturated rings. The second-order valence-electron chi connectivity index (χ2n) is 6.16. The third-order valence-electron chi connectivity index (χ3n) is 4.46. The summed E-state index contributed by atoms with van der Waals surface area (Å²) in [5.41, 5.74) is 3.57. The normalized spacial score (nSPS) is 21.0. The van der Waals surface area contributed by atoms with E-state index >= 15 is 0 Å². The van der Waals surface area contributed by atoms with Crippen molar-refractivity contribution in [2.24, 2.45) is 0 Å². The van der Waals surface area contributed by atoms with Crippen LogP contribution in [0.2, 0.25) is 0 Å². The molecule has 122 valence electrons. The lowest BCUT2D eigenvalue weighted by molar-refractivity contribution is -0.0405. The maximum absolute atomic E-state index is 5.88. The standard InChI is InChI=1S/C17H22N4O2/c1-2-8-22-17(3-1)21-11-15(19-20-21)12-23-16-5-4-14-10-18-7-6-13(14)9-16/h4-5,9,11,17-18H,1-3,6-8,10,12H2. The third-order valence-corrected chi connectivity index (χ3v) is 4.46. The summed E-state index contributed by atoms with van der Waals surface area (Å²) in [6, 6.07) is 6.31. The Bertz CT molecular complexity index is 664. The average molecular weight is 314 g/mol. The first-order valence-corrected chi connectivity index (χ1v) is 8.36. The number of nitrogens with zero attached hydrogens (tertiary/aromatic N) is 3. The molecule has 6 heteroatoms. The highest BCUT2D eigenvalue weighted by atomic mass is 16.5. The van der Waals surface area contributed by atoms with Crippen LogP contribution in [-0.2, 0) is 24.3 Å². The first kappa shape index (κ1) is 14.7. The molecule has 2 aliphatic rings. The maximum atomic E-state index is 5.88. The van der Waals surface area contributed by atoms with Crippen molar-refractivity contribution < 1.29 is 9.47 Å². The van der Waals surface area contributed by atoms with Gasteiger partial charge in [-0.1, -0.05) is 11.3 Å². The van der Waals surface area contributed by atoms with Gasteiger partial charge in [-0.05, 0) is 55.5 Å². The molecule has 3 heterocycles. The minimum atomic E-state index is 0.0289. The van der Waals surface area contributed by atoms with Crippen LogP contribution >= 0.6 is 0 Å². The smallest absolute Gasteiger partial charge is 0.151 e. The van der Waals surface area contributed by atoms with Crippen LogP contribution in [0.15, 0.2) is 24.4 Å². The van der Waals surface area contributed by atoms with E-state index in [1.807, 2.05) is 16.9 Å². The molecule has 0 spiro atoms. The summed E-state index contributed by atoms with van der Waals surface area (Å²) in [6.07, 6.45) is 6.33. The van der Waals surface area contributed by atoms with Gasteiger partial charge in [0.2, 0.25) is 0 Å². The van der Waals surface area contributed by atoms with Crippen LogP contribution in [0.1, 0.15) is 42.3 Å². The predicted octanol–water partition coefficient (Wildman–Crippen LogP) is 2.20. The van der Waals surface area contributed by atoms with Crippen molar-refractivity contribution in [3.05, 3.63) is 41.2 Å². The van der Waals surface area contributed by atoms with E-state index in [9.17, 15) is 0 Å². The quantitative estimate of drug-likeness (QED) is 0.937. The van der Waals surface area contributed by atoms with Crippen LogP contribution in [-0.4, -0.2) is 28.1 Å². The average Bonchev–Trinajstić information content (AvgIpc) is 3.10. The Labute approximate surface area is 135 Å². The molecule has 0 bridgehead atoms. The number of ether oxygens (including phenoxy) is 2. The second-order valence-corrected chi connectivity index (χ2v) is 6.16. The largest absolute Gasteiger partial charge is 0.487 e. The predicted molar refractivity (Wildman–Crippen MR) is 85.0 cm³/mol. The van der Waals surface area contributed by atoms with Gasteiger partial charge >= 0.3 is 0 Å². The van der Waals surface area contributed by atoms with E-state index in [2.05, 4.69) is 27.8 Å². The summed E-state index contributed by atoms with van der Waals surface area (Å²) in [5.74, 6) is 0.897. The van der Waals surface area contributed by atoms with Crippen LogP contribution < -0.4 is 10.1 Å². The molecule has 1 aromatic heterocycles. The summed E-state index contributed by atoms with van der Waals surface area (Å²) < 4.78 is 13.4. The van der Waals surface area contributed by atoms with E-state index in [1.165, 1.54) is 17.5 Å². The number of hydrogen-bond donors (Lipinski definition) is 1. The summed E-state index contributed by atoms with van der Waals surface area (Å²) in [5, 5.41) is 11.7. The molecule has 1 atom stereocenters. The van der Waals surface area contributed by atoms with E-state index in [-0.39, 0.29) is 6.23 Å². The fraction of sp³-hybridized carbons (Fsp3) is 0.529. The molecule has 0 amide bonds. The Kier molecular flexibility index (Phi) is 4.26. The highest BCUT2D eigenvalue weighted by Crippen LogP contribution is 2.23. The van der Waals surface area contributed by atoms with Gasteiger partial charge in [0.15, 0.2) is 6.23 Å². The lowest BCUT2D eigenvalue weighted by Crippen LogP contribution is -2.23. The maximum Gasteiger partial charge on any atom is 0.151 e. The summed E-state index contributed by atoms with van der Waals surface area (Å²) in [7, 11) is 0. The highest BCUT2D eigenvalue weighted by molar-refractivity contribution is 5.37. The minimum Gasteiger partial charge on any atom is -0.487 e. The molecule has 1 unspecified atom stereocenters. The second kappa shape index (κ2) is 6.68. The van der Waals surface area contributed by atoms with Crippen molar-refractivity contribution in [2.45, 2.75) is 45.1 Å². The molecular formula is C17H22N4O2. The number of rotatable bonds is 4. The van der Waals surface area contributed by atoms with Crippen LogP contribution in [0.5, 0.6) is 5.75 Å². The Morgan fingerprint density at radius 2 is 2.30 bits per heavy atom. The van der Waals surface area contributed by atoms with Gasteiger partial charge in [-0.25, -0.2) is 4.68 Å². The molecule has 0 radical (unpaired) electrons. The molecule has 1 N–H and O–H groups in total. The molecule has 4 rings (SSSR count). The van der Waals surface area contributed by atoms with Crippen LogP contribution in [0.3, 0.4) is 0 Å². The van der Waals surface area contributed by atoms with Crippen molar-refractivity contribution in [2.75, 3.05) is 13.2 Å². The van der Waals surface area contributed by atoms with Gasteiger partial charge < -0.3 is 14.8 Å². The lowest BCUT2D eigenvalue weighted by Gasteiger charge is -2.21. The van der Waals surface area contributed by atoms with Crippen LogP contribution in [0, 0.1) is 0 Å². The molecule has 6 nitrogen and oxygen atoms in total. The van der Waals surface area contributed by atoms with Gasteiger partial charge in [0.1, 0.15) is 18.1 Å². The molecular weight excluding hydrogens is 292 g/mol. The molecule has 23 heavy (non-hydrogen) atoms. The van der Waals surface area contributed by atoms with Gasteiger partial charge in [-0.15, -0.1) is 5.10 Å². The third kappa shape index (κ3) is 3.38. The van der Waals surface area contributed by atoms with Gasteiger partial charge in [0.25, 0.3) is 0 Å². The van der Waals surface area contributed by atoms with E-state index in [4.69, 9.17) is 9.47 Å². The molecule has 1 aromatic carbocycles. The fourth-order valence-corrected chi connectivity index (χ4v) is 3.15. The molecule has 1 saturated heterocycles. The van der Waals surface area contributed by atoms with Gasteiger partial charge in [0, 0.05) is 13.2 Å². The zero-order valence-corrected chi connectivity index (χ0v) is 13.2. The van der Waals surface area contributed by atoms with E-state index in [0.717, 1.165) is 50.4 Å². The van der Waals surface area contributed by atoms with Crippen molar-refractivity contribution >= 4 is 0 Å². The molecule has 0 saturated carbocycles. The first-order valence-electron chi connectivity index (χ1n) is 8.36. The summed E-state index contributed by atoms with van der Waals surface area (Å²) in [6.45, 7) is 3.22. The van der Waals surface area contributed by atoms with Crippen LogP contribution in [0.4, 0.5) is 0 Å². The zero-order chi connectivity index (χ0) is 15.5. The number of fused-ring (bicyclic) bond motifs is 1. The van der Waals surface area contributed by atoms with Crippen molar-refractivity contribution in [1.29, 1.82) is 0 Å². The number of aromatic nitrogens is 3. The van der Waals surface area contributed by atoms with Crippen molar-refractivity contribution in [3.63, 3.8) is 0 Å². The molecule has 2 aliphatic heterocycles. The summed E-state index contributed by atoms with van der Waals surface area (Å²) in [4.78, 5) is 0. The van der Waals surface area contributed by atoms with E-state index in [0.29, 0.717) is 6.61 Å². The van der Waals surface area contributed by atoms with Gasteiger partial charge in [0.05, 0.1) is 6.20 Å². The van der Waals surface area contributed by atoms with Crippen LogP contribution in [0.25, 0.3) is 0 Å². The molecule has 0 aliphatic carbocycles. The topological polar surface area (TPSA) is 61.2 Å². The highest BCUT2D eigenvalue weighted by Gasteiger charge is 2.17. The Morgan fingerprint density at radius 1 is 1.30 bits per heavy atom. The first-order chi connectivity index (χ1) is 11.4. The molecule has 2 aromatic rings. The Balaban J connectivity index is 1.38.